The van der Waals surface area contributed by atoms with E-state index in [9.17, 15) is 13.2 Å². The minimum absolute atomic E-state index is 0.0245. The van der Waals surface area contributed by atoms with Crippen LogP contribution in [0.15, 0.2) is 0 Å². The van der Waals surface area contributed by atoms with Gasteiger partial charge in [0, 0.05) is 12.8 Å². The maximum Gasteiger partial charge on any atom is 0.426 e. The Hall–Kier alpha value is -0.540. The Kier molecular flexibility index (Phi) is 17.5. The van der Waals surface area contributed by atoms with Crippen LogP contribution in [0.25, 0.3) is 0 Å². The maximum atomic E-state index is 11.7. The number of ketones is 1. The summed E-state index contributed by atoms with van der Waals surface area (Å²) in [5.74, 6) is 0.198. The molecule has 0 aromatic rings. The lowest BCUT2D eigenvalue weighted by Gasteiger charge is -2.05. The van der Waals surface area contributed by atoms with Gasteiger partial charge >= 0.3 is 10.4 Å². The second-order valence-corrected chi connectivity index (χ2v) is 7.37. The number of rotatable bonds is 20. The minimum Gasteiger partial charge on any atom is -0.378 e. The van der Waals surface area contributed by atoms with Crippen LogP contribution in [0.1, 0.15) is 84.5 Å². The molecule has 0 rings (SSSR count). The Balaban J connectivity index is 3.32. The van der Waals surface area contributed by atoms with Crippen molar-refractivity contribution in [1.29, 1.82) is 0 Å². The third-order valence-corrected chi connectivity index (χ3v) is 4.58. The average Bonchev–Trinajstić information content (AvgIpc) is 2.59. The van der Waals surface area contributed by atoms with Gasteiger partial charge < -0.3 is 4.74 Å². The molecule has 0 radical (unpaired) electrons. The first-order valence-corrected chi connectivity index (χ1v) is 11.1. The van der Waals surface area contributed by atoms with Crippen LogP contribution in [-0.2, 0) is 33.3 Å². The number of ether oxygens (including phenoxy) is 1. The van der Waals surface area contributed by atoms with Gasteiger partial charge in [0.15, 0.2) is 0 Å². The third-order valence-electron chi connectivity index (χ3n) is 3.79. The predicted molar refractivity (Wildman–Crippen MR) is 99.9 cm³/mol. The smallest absolute Gasteiger partial charge is 0.378 e. The third kappa shape index (κ3) is 18.3. The van der Waals surface area contributed by atoms with Crippen molar-refractivity contribution < 1.29 is 31.4 Å². The Bertz CT molecular complexity index is 423. The fraction of sp³-hybridized carbons (Fsp3) is 0.944. The highest BCUT2D eigenvalue weighted by atomic mass is 32.3. The Morgan fingerprint density at radius 3 is 2.00 bits per heavy atom. The molecule has 0 unspecified atom stereocenters. The summed E-state index contributed by atoms with van der Waals surface area (Å²) >= 11 is 0. The molecule has 8 heteroatoms. The molecule has 0 saturated heterocycles. The molecule has 0 aromatic heterocycles. The molecule has 0 atom stereocenters. The summed E-state index contributed by atoms with van der Waals surface area (Å²) < 4.78 is 35.6. The van der Waals surface area contributed by atoms with Crippen molar-refractivity contribution >= 4 is 16.2 Å². The summed E-state index contributed by atoms with van der Waals surface area (Å²) in [7, 11) is -4.09. The Labute approximate surface area is 159 Å². The lowest BCUT2D eigenvalue weighted by molar-refractivity contribution is -0.217. The minimum atomic E-state index is -4.09. The molecular weight excluding hydrogens is 360 g/mol. The first-order chi connectivity index (χ1) is 12.5. The molecule has 26 heavy (non-hydrogen) atoms. The SMILES string of the molecule is CCCCCCCCCCCC(=O)CCOCCOOS(=O)(=O)OCC. The van der Waals surface area contributed by atoms with Crippen molar-refractivity contribution in [2.75, 3.05) is 26.4 Å². The van der Waals surface area contributed by atoms with Crippen LogP contribution in [0.3, 0.4) is 0 Å². The molecule has 0 amide bonds. The van der Waals surface area contributed by atoms with Crippen LogP contribution in [0.5, 0.6) is 0 Å². The Morgan fingerprint density at radius 1 is 0.769 bits per heavy atom. The molecule has 0 spiro atoms. The van der Waals surface area contributed by atoms with Gasteiger partial charge in [0.05, 0.1) is 19.8 Å². The van der Waals surface area contributed by atoms with Crippen LogP contribution in [-0.4, -0.2) is 40.6 Å². The summed E-state index contributed by atoms with van der Waals surface area (Å²) in [5, 5.41) is 0. The summed E-state index contributed by atoms with van der Waals surface area (Å²) in [4.78, 5) is 16.2. The number of unbranched alkanes of at least 4 members (excludes halogenated alkanes) is 8. The summed E-state index contributed by atoms with van der Waals surface area (Å²) in [6.45, 7) is 4.11. The van der Waals surface area contributed by atoms with Crippen LogP contribution >= 0.6 is 0 Å². The van der Waals surface area contributed by atoms with E-state index in [0.29, 0.717) is 19.4 Å². The molecule has 0 saturated carbocycles. The van der Waals surface area contributed by atoms with E-state index in [1.165, 1.54) is 51.9 Å². The fourth-order valence-corrected chi connectivity index (χ4v) is 2.91. The number of hydrogen-bond donors (Lipinski definition) is 0. The van der Waals surface area contributed by atoms with Crippen molar-refractivity contribution in [3.63, 3.8) is 0 Å². The fourth-order valence-electron chi connectivity index (χ4n) is 2.40. The second-order valence-electron chi connectivity index (χ2n) is 6.18. The topological polar surface area (TPSA) is 88.1 Å². The molecule has 0 heterocycles. The summed E-state index contributed by atoms with van der Waals surface area (Å²) in [5.41, 5.74) is 0. The second kappa shape index (κ2) is 17.9. The van der Waals surface area contributed by atoms with E-state index in [2.05, 4.69) is 20.3 Å². The molecule has 156 valence electrons. The van der Waals surface area contributed by atoms with Gasteiger partial charge in [-0.3, -0.25) is 4.79 Å². The predicted octanol–water partition coefficient (Wildman–Crippen LogP) is 4.11. The molecule has 0 N–H and O–H groups in total. The van der Waals surface area contributed by atoms with Gasteiger partial charge in [-0.1, -0.05) is 62.6 Å². The highest BCUT2D eigenvalue weighted by Gasteiger charge is 2.11. The van der Waals surface area contributed by atoms with Gasteiger partial charge in [0.2, 0.25) is 0 Å². The highest BCUT2D eigenvalue weighted by molar-refractivity contribution is 7.81. The van der Waals surface area contributed by atoms with E-state index in [1.54, 1.807) is 0 Å². The molecule has 0 aliphatic carbocycles. The van der Waals surface area contributed by atoms with E-state index in [-0.39, 0.29) is 25.6 Å². The van der Waals surface area contributed by atoms with E-state index >= 15 is 0 Å². The molecule has 7 nitrogen and oxygen atoms in total. The Morgan fingerprint density at radius 2 is 1.38 bits per heavy atom. The summed E-state index contributed by atoms with van der Waals surface area (Å²) in [6.07, 6.45) is 12.1. The van der Waals surface area contributed by atoms with Crippen LogP contribution < -0.4 is 0 Å². The quantitative estimate of drug-likeness (QED) is 0.174. The van der Waals surface area contributed by atoms with Crippen LogP contribution in [0.2, 0.25) is 0 Å². The number of carbonyl (C=O) groups is 1. The van der Waals surface area contributed by atoms with E-state index in [4.69, 9.17) is 4.74 Å². The molecule has 0 aliphatic heterocycles. The zero-order valence-electron chi connectivity index (χ0n) is 16.4. The summed E-state index contributed by atoms with van der Waals surface area (Å²) in [6, 6.07) is 0. The zero-order chi connectivity index (χ0) is 19.5. The normalized spacial score (nSPS) is 11.8. The van der Waals surface area contributed by atoms with Gasteiger partial charge in [0.25, 0.3) is 0 Å². The van der Waals surface area contributed by atoms with Crippen molar-refractivity contribution in [2.45, 2.75) is 84.5 Å². The first kappa shape index (κ1) is 25.5. The van der Waals surface area contributed by atoms with Crippen molar-refractivity contribution in [2.24, 2.45) is 0 Å². The lowest BCUT2D eigenvalue weighted by Crippen LogP contribution is -2.14. The van der Waals surface area contributed by atoms with Crippen molar-refractivity contribution in [3.8, 4) is 0 Å². The van der Waals surface area contributed by atoms with Gasteiger partial charge in [-0.2, -0.15) is 8.42 Å². The van der Waals surface area contributed by atoms with E-state index < -0.39 is 10.4 Å². The van der Waals surface area contributed by atoms with E-state index in [0.717, 1.165) is 12.8 Å². The van der Waals surface area contributed by atoms with E-state index in [1.807, 2.05) is 0 Å². The molecule has 0 aromatic carbocycles. The lowest BCUT2D eigenvalue weighted by atomic mass is 10.0. The first-order valence-electron chi connectivity index (χ1n) is 9.81. The number of hydrogen-bond acceptors (Lipinski definition) is 7. The largest absolute Gasteiger partial charge is 0.426 e. The number of Topliss-reactive ketones (excluding diaryl/α,β-unsaturated/α-hetero) is 1. The molecule has 0 aliphatic rings. The maximum absolute atomic E-state index is 11.7. The zero-order valence-corrected chi connectivity index (χ0v) is 17.2. The van der Waals surface area contributed by atoms with Gasteiger partial charge in [-0.25, -0.2) is 9.07 Å². The molecular formula is C18H36O7S. The van der Waals surface area contributed by atoms with Gasteiger partial charge in [-0.15, -0.1) is 0 Å². The van der Waals surface area contributed by atoms with Crippen molar-refractivity contribution in [3.05, 3.63) is 0 Å². The van der Waals surface area contributed by atoms with Crippen LogP contribution in [0.4, 0.5) is 0 Å². The average molecular weight is 397 g/mol. The number of carbonyl (C=O) groups excluding carboxylic acids is 1. The monoisotopic (exact) mass is 396 g/mol. The molecule has 0 bridgehead atoms. The van der Waals surface area contributed by atoms with Gasteiger partial charge in [0.1, 0.15) is 12.4 Å². The standard InChI is InChI=1S/C18H36O7S/c1-3-5-6-7-8-9-10-11-12-13-18(19)14-15-22-16-17-23-25-26(20,21)24-4-2/h3-17H2,1-2H3. The highest BCUT2D eigenvalue weighted by Crippen LogP contribution is 2.11. The van der Waals surface area contributed by atoms with Crippen molar-refractivity contribution in [1.82, 2.24) is 0 Å². The molecule has 0 fully saturated rings. The van der Waals surface area contributed by atoms with Crippen LogP contribution in [0, 0.1) is 0 Å². The van der Waals surface area contributed by atoms with Gasteiger partial charge in [-0.05, 0) is 13.3 Å².